The molecule has 0 amide bonds. The van der Waals surface area contributed by atoms with E-state index in [-0.39, 0.29) is 26.2 Å². The third-order valence-electron chi connectivity index (χ3n) is 0.596. The summed E-state index contributed by atoms with van der Waals surface area (Å²) in [4.78, 5) is 0. The SMILES string of the molecule is CC(C)[N-]C(C)C.[Zr]. The Hall–Kier alpha value is 0.843. The summed E-state index contributed by atoms with van der Waals surface area (Å²) in [6, 6.07) is 1.000. The molecule has 0 rings (SSSR count). The van der Waals surface area contributed by atoms with Gasteiger partial charge in [-0.2, -0.15) is 0 Å². The second-order valence-corrected chi connectivity index (χ2v) is 2.34. The Morgan fingerprint density at radius 3 is 1.12 bits per heavy atom. The molecule has 0 saturated carbocycles. The van der Waals surface area contributed by atoms with Crippen LogP contribution in [0.2, 0.25) is 0 Å². The van der Waals surface area contributed by atoms with Gasteiger partial charge in [-0.25, -0.2) is 0 Å². The first kappa shape index (κ1) is 11.6. The topological polar surface area (TPSA) is 14.1 Å². The standard InChI is InChI=1S/C6H14N.Zr/c1-5(2)7-6(3)4;/h5-6H,1-4H3;/q-1;. The minimum absolute atomic E-state index is 0. The summed E-state index contributed by atoms with van der Waals surface area (Å²) in [5.74, 6) is 0. The summed E-state index contributed by atoms with van der Waals surface area (Å²) in [7, 11) is 0. The van der Waals surface area contributed by atoms with Crippen LogP contribution in [0.1, 0.15) is 27.7 Å². The van der Waals surface area contributed by atoms with Gasteiger partial charge in [0.2, 0.25) is 0 Å². The van der Waals surface area contributed by atoms with Crippen molar-refractivity contribution in [2.75, 3.05) is 0 Å². The monoisotopic (exact) mass is 190 g/mol. The van der Waals surface area contributed by atoms with Gasteiger partial charge in [0.05, 0.1) is 0 Å². The van der Waals surface area contributed by atoms with E-state index in [1.165, 1.54) is 0 Å². The zero-order valence-electron chi connectivity index (χ0n) is 6.10. The maximum absolute atomic E-state index is 4.28. The Morgan fingerprint density at radius 2 is 1.12 bits per heavy atom. The fourth-order valence-electron chi connectivity index (χ4n) is 0.596. The van der Waals surface area contributed by atoms with E-state index in [1.807, 2.05) is 0 Å². The first-order valence-corrected chi connectivity index (χ1v) is 2.83. The van der Waals surface area contributed by atoms with E-state index >= 15 is 0 Å². The van der Waals surface area contributed by atoms with Gasteiger partial charge in [0.15, 0.2) is 0 Å². The van der Waals surface area contributed by atoms with Crippen molar-refractivity contribution in [3.05, 3.63) is 5.32 Å². The fourth-order valence-corrected chi connectivity index (χ4v) is 0.596. The van der Waals surface area contributed by atoms with Gasteiger partial charge in [-0.05, 0) is 0 Å². The molecule has 0 aliphatic heterocycles. The summed E-state index contributed by atoms with van der Waals surface area (Å²) in [5.41, 5.74) is 0. The number of nitrogens with zero attached hydrogens (tertiary/aromatic N) is 1. The third kappa shape index (κ3) is 9.96. The summed E-state index contributed by atoms with van der Waals surface area (Å²) >= 11 is 0. The van der Waals surface area contributed by atoms with Crippen molar-refractivity contribution in [1.82, 2.24) is 0 Å². The molecule has 48 valence electrons. The molecule has 0 unspecified atom stereocenters. The predicted octanol–water partition coefficient (Wildman–Crippen LogP) is 2.17. The molecule has 0 N–H and O–H groups in total. The van der Waals surface area contributed by atoms with Crippen LogP contribution in [0.25, 0.3) is 5.32 Å². The zero-order valence-corrected chi connectivity index (χ0v) is 8.56. The summed E-state index contributed by atoms with van der Waals surface area (Å²) < 4.78 is 0. The maximum Gasteiger partial charge on any atom is 0 e. The van der Waals surface area contributed by atoms with E-state index in [9.17, 15) is 0 Å². The van der Waals surface area contributed by atoms with E-state index in [0.29, 0.717) is 12.1 Å². The van der Waals surface area contributed by atoms with Gasteiger partial charge in [-0.1, -0.05) is 27.7 Å². The predicted molar refractivity (Wildman–Crippen MR) is 33.6 cm³/mol. The molecule has 8 heavy (non-hydrogen) atoms. The summed E-state index contributed by atoms with van der Waals surface area (Å²) in [6.45, 7) is 8.39. The van der Waals surface area contributed by atoms with Gasteiger partial charge in [-0.15, -0.1) is 12.1 Å². The second-order valence-electron chi connectivity index (χ2n) is 2.34. The Balaban J connectivity index is 0. The Kier molecular flexibility index (Phi) is 8.67. The van der Waals surface area contributed by atoms with Crippen LogP contribution in [0, 0.1) is 0 Å². The molecule has 0 radical (unpaired) electrons. The van der Waals surface area contributed by atoms with E-state index in [4.69, 9.17) is 0 Å². The van der Waals surface area contributed by atoms with Crippen molar-refractivity contribution in [3.63, 3.8) is 0 Å². The van der Waals surface area contributed by atoms with Gasteiger partial charge in [0.25, 0.3) is 0 Å². The molecule has 0 aromatic carbocycles. The summed E-state index contributed by atoms with van der Waals surface area (Å²) in [5, 5.41) is 4.28. The van der Waals surface area contributed by atoms with Crippen molar-refractivity contribution in [2.45, 2.75) is 39.8 Å². The van der Waals surface area contributed by atoms with E-state index in [2.05, 4.69) is 33.0 Å². The largest absolute Gasteiger partial charge is 0.658 e. The van der Waals surface area contributed by atoms with Crippen LogP contribution in [-0.4, -0.2) is 12.1 Å². The quantitative estimate of drug-likeness (QED) is 0.635. The fraction of sp³-hybridized carbons (Fsp3) is 1.00. The molecular weight excluding hydrogens is 177 g/mol. The van der Waals surface area contributed by atoms with Crippen molar-refractivity contribution in [1.29, 1.82) is 0 Å². The van der Waals surface area contributed by atoms with Gasteiger partial charge in [0.1, 0.15) is 0 Å². The average Bonchev–Trinajstić information content (AvgIpc) is 1.27. The maximum atomic E-state index is 4.28. The average molecular weight is 191 g/mol. The van der Waals surface area contributed by atoms with Crippen molar-refractivity contribution < 1.29 is 26.2 Å². The Bertz CT molecular complexity index is 37.8. The molecule has 0 saturated heterocycles. The van der Waals surface area contributed by atoms with E-state index in [0.717, 1.165) is 0 Å². The van der Waals surface area contributed by atoms with Crippen molar-refractivity contribution in [3.8, 4) is 0 Å². The Labute approximate surface area is 71.4 Å². The van der Waals surface area contributed by atoms with Crippen LogP contribution in [0.5, 0.6) is 0 Å². The van der Waals surface area contributed by atoms with Gasteiger partial charge >= 0.3 is 0 Å². The van der Waals surface area contributed by atoms with Crippen LogP contribution >= 0.6 is 0 Å². The molecule has 0 bridgehead atoms. The molecule has 0 aliphatic carbocycles. The van der Waals surface area contributed by atoms with Gasteiger partial charge < -0.3 is 5.32 Å². The molecule has 0 aromatic rings. The number of hydrogen-bond acceptors (Lipinski definition) is 0. The molecule has 0 aliphatic rings. The van der Waals surface area contributed by atoms with E-state index in [1.54, 1.807) is 0 Å². The van der Waals surface area contributed by atoms with Crippen LogP contribution in [0.15, 0.2) is 0 Å². The first-order valence-electron chi connectivity index (χ1n) is 2.83. The third-order valence-corrected chi connectivity index (χ3v) is 0.596. The van der Waals surface area contributed by atoms with Crippen molar-refractivity contribution in [2.24, 2.45) is 0 Å². The van der Waals surface area contributed by atoms with Crippen LogP contribution in [0.4, 0.5) is 0 Å². The number of hydrogen-bond donors (Lipinski definition) is 0. The smallest absolute Gasteiger partial charge is 0 e. The normalized spacial score (nSPS) is 9.75. The molecule has 0 spiro atoms. The molecular formula is C6H14NZr-. The van der Waals surface area contributed by atoms with Gasteiger partial charge in [0, 0.05) is 26.2 Å². The Morgan fingerprint density at radius 1 is 0.875 bits per heavy atom. The van der Waals surface area contributed by atoms with Crippen LogP contribution < -0.4 is 0 Å². The minimum Gasteiger partial charge on any atom is -0.658 e. The molecule has 0 aromatic heterocycles. The first-order chi connectivity index (χ1) is 3.13. The molecule has 1 nitrogen and oxygen atoms in total. The van der Waals surface area contributed by atoms with Crippen molar-refractivity contribution >= 4 is 0 Å². The molecule has 2 heteroatoms. The zero-order chi connectivity index (χ0) is 5.86. The molecule has 0 heterocycles. The second kappa shape index (κ2) is 5.97. The van der Waals surface area contributed by atoms with Crippen LogP contribution in [0.3, 0.4) is 0 Å². The van der Waals surface area contributed by atoms with Gasteiger partial charge in [-0.3, -0.25) is 0 Å². The molecule has 0 fully saturated rings. The van der Waals surface area contributed by atoms with E-state index < -0.39 is 0 Å². The molecule has 0 atom stereocenters. The van der Waals surface area contributed by atoms with Crippen LogP contribution in [-0.2, 0) is 26.2 Å². The summed E-state index contributed by atoms with van der Waals surface area (Å²) in [6.07, 6.45) is 0. The number of rotatable bonds is 2. The minimum atomic E-state index is 0.